The third-order valence-corrected chi connectivity index (χ3v) is 1.03. The van der Waals surface area contributed by atoms with E-state index >= 15 is 0 Å². The van der Waals surface area contributed by atoms with Gasteiger partial charge in [-0.15, -0.1) is 0 Å². The van der Waals surface area contributed by atoms with Gasteiger partial charge in [0.1, 0.15) is 0 Å². The molecule has 0 rings (SSSR count). The fraction of sp³-hybridized carbons (Fsp3) is 0. The Kier molecular flexibility index (Phi) is 4.40. The molecule has 0 saturated heterocycles. The number of hydrogen-bond acceptors (Lipinski definition) is 2. The molecular formula is C2H4AsClO3. The Labute approximate surface area is 50.7 Å². The second-order valence-corrected chi connectivity index (χ2v) is 2.51. The number of rotatable bonds is 2. The minimum absolute atomic E-state index is 0.976. The molecule has 7 heavy (non-hydrogen) atoms. The van der Waals surface area contributed by atoms with Crippen molar-refractivity contribution in [2.24, 2.45) is 0 Å². The topological polar surface area (TPSA) is 46.5 Å². The van der Waals surface area contributed by atoms with Gasteiger partial charge in [0.15, 0.2) is 0 Å². The van der Waals surface area contributed by atoms with Crippen molar-refractivity contribution in [3.05, 3.63) is 11.8 Å². The maximum absolute atomic E-state index is 9.68. The Morgan fingerprint density at radius 1 is 1.86 bits per heavy atom. The molecule has 42 valence electrons. The van der Waals surface area contributed by atoms with E-state index in [1.165, 1.54) is 0 Å². The van der Waals surface area contributed by atoms with Gasteiger partial charge in [0.2, 0.25) is 0 Å². The van der Waals surface area contributed by atoms with Crippen LogP contribution in [-0.2, 0) is 7.47 Å². The van der Waals surface area contributed by atoms with E-state index in [1.54, 1.807) is 0 Å². The molecule has 0 saturated carbocycles. The van der Waals surface area contributed by atoms with Gasteiger partial charge in [-0.05, 0) is 0 Å². The van der Waals surface area contributed by atoms with Crippen LogP contribution in [0.1, 0.15) is 0 Å². The molecule has 0 aromatic rings. The van der Waals surface area contributed by atoms with Gasteiger partial charge in [0.05, 0.1) is 0 Å². The molecule has 0 bridgehead atoms. The van der Waals surface area contributed by atoms with E-state index in [9.17, 15) is 3.74 Å². The molecule has 0 heterocycles. The second-order valence-electron chi connectivity index (χ2n) is 0.646. The Balaban J connectivity index is 3.14. The quantitative estimate of drug-likeness (QED) is 0.482. The van der Waals surface area contributed by atoms with Crippen molar-refractivity contribution in [2.75, 3.05) is 0 Å². The SMILES string of the molecule is O=[AsH](O)O/C=C/Cl. The van der Waals surface area contributed by atoms with Gasteiger partial charge in [-0.25, -0.2) is 0 Å². The van der Waals surface area contributed by atoms with E-state index in [4.69, 9.17) is 15.7 Å². The fourth-order valence-electron chi connectivity index (χ4n) is 0.0839. The summed E-state index contributed by atoms with van der Waals surface area (Å²) in [6.07, 6.45) is 0.976. The van der Waals surface area contributed by atoms with Crippen LogP contribution in [0.4, 0.5) is 0 Å². The standard InChI is InChI=1S/C2H4AsClO3/c4-1-2-7-3(5)6/h1-3H,(H,5,6)/b2-1+. The van der Waals surface area contributed by atoms with E-state index in [1.807, 2.05) is 0 Å². The normalized spacial score (nSPS) is 14.6. The molecule has 0 spiro atoms. The summed E-state index contributed by atoms with van der Waals surface area (Å²) in [5.74, 6) is 0. The van der Waals surface area contributed by atoms with Gasteiger partial charge in [0, 0.05) is 0 Å². The summed E-state index contributed by atoms with van der Waals surface area (Å²) in [6.45, 7) is 0. The number of halogens is 1. The number of hydrogen-bond donors (Lipinski definition) is 1. The predicted molar refractivity (Wildman–Crippen MR) is 26.1 cm³/mol. The van der Waals surface area contributed by atoms with Gasteiger partial charge in [-0.3, -0.25) is 0 Å². The fourth-order valence-corrected chi connectivity index (χ4v) is 0.703. The summed E-state index contributed by atoms with van der Waals surface area (Å²) in [5, 5.41) is 0. The zero-order valence-corrected chi connectivity index (χ0v) is 6.15. The molecule has 0 radical (unpaired) electrons. The van der Waals surface area contributed by atoms with Crippen LogP contribution in [0.25, 0.3) is 0 Å². The van der Waals surface area contributed by atoms with Gasteiger partial charge in [0.25, 0.3) is 0 Å². The molecule has 1 N–H and O–H groups in total. The molecule has 0 fully saturated rings. The first-order valence-corrected chi connectivity index (χ1v) is 4.51. The van der Waals surface area contributed by atoms with Crippen molar-refractivity contribution in [3.8, 4) is 0 Å². The first-order valence-electron chi connectivity index (χ1n) is 1.42. The van der Waals surface area contributed by atoms with Crippen LogP contribution in [-0.4, -0.2) is 19.4 Å². The molecule has 0 aliphatic heterocycles. The van der Waals surface area contributed by atoms with E-state index < -0.39 is 15.3 Å². The van der Waals surface area contributed by atoms with Crippen LogP contribution in [0.3, 0.4) is 0 Å². The van der Waals surface area contributed by atoms with Crippen molar-refractivity contribution in [1.82, 2.24) is 0 Å². The molecular weight excluding hydrogens is 182 g/mol. The summed E-state index contributed by atoms with van der Waals surface area (Å²) in [6, 6.07) is 0. The van der Waals surface area contributed by atoms with Crippen molar-refractivity contribution in [1.29, 1.82) is 0 Å². The van der Waals surface area contributed by atoms with E-state index in [2.05, 4.69) is 3.73 Å². The average molecular weight is 186 g/mol. The maximum atomic E-state index is 9.68. The van der Waals surface area contributed by atoms with E-state index in [-0.39, 0.29) is 0 Å². The Morgan fingerprint density at radius 3 is 2.57 bits per heavy atom. The minimum atomic E-state index is -3.33. The molecule has 0 aliphatic rings. The second kappa shape index (κ2) is 4.31. The zero-order chi connectivity index (χ0) is 5.70. The molecule has 3 nitrogen and oxygen atoms in total. The summed E-state index contributed by atoms with van der Waals surface area (Å²) >= 11 is 1.59. The molecule has 1 atom stereocenters. The zero-order valence-electron chi connectivity index (χ0n) is 3.30. The van der Waals surface area contributed by atoms with Crippen LogP contribution in [0, 0.1) is 0 Å². The first-order chi connectivity index (χ1) is 3.27. The predicted octanol–water partition coefficient (Wildman–Crippen LogP) is -0.147. The third-order valence-electron chi connectivity index (χ3n) is 0.220. The Morgan fingerprint density at radius 2 is 2.43 bits per heavy atom. The van der Waals surface area contributed by atoms with E-state index in [0.29, 0.717) is 0 Å². The molecule has 1 unspecified atom stereocenters. The summed E-state index contributed by atoms with van der Waals surface area (Å²) in [4.78, 5) is 0. The molecule has 0 aromatic heterocycles. The molecule has 5 heteroatoms. The van der Waals surface area contributed by atoms with Crippen LogP contribution in [0.2, 0.25) is 0 Å². The molecule has 0 amide bonds. The molecule has 0 aromatic carbocycles. The summed E-state index contributed by atoms with van der Waals surface area (Å²) in [7, 11) is 0. The van der Waals surface area contributed by atoms with Crippen LogP contribution >= 0.6 is 11.6 Å². The summed E-state index contributed by atoms with van der Waals surface area (Å²) < 4.78 is 21.7. The van der Waals surface area contributed by atoms with Crippen molar-refractivity contribution < 1.29 is 11.6 Å². The third kappa shape index (κ3) is 6.15. The van der Waals surface area contributed by atoms with Crippen molar-refractivity contribution in [2.45, 2.75) is 0 Å². The summed E-state index contributed by atoms with van der Waals surface area (Å²) in [5.41, 5.74) is 1.03. The molecule has 0 aliphatic carbocycles. The van der Waals surface area contributed by atoms with Gasteiger partial charge < -0.3 is 0 Å². The van der Waals surface area contributed by atoms with Crippen LogP contribution in [0.15, 0.2) is 11.8 Å². The van der Waals surface area contributed by atoms with Crippen LogP contribution in [0.5, 0.6) is 0 Å². The Hall–Kier alpha value is 0.148. The van der Waals surface area contributed by atoms with Gasteiger partial charge >= 0.3 is 50.2 Å². The van der Waals surface area contributed by atoms with Gasteiger partial charge in [-0.1, -0.05) is 0 Å². The average Bonchev–Trinajstić information content (AvgIpc) is 1.61. The van der Waals surface area contributed by atoms with Crippen molar-refractivity contribution in [3.63, 3.8) is 0 Å². The van der Waals surface area contributed by atoms with E-state index in [0.717, 1.165) is 11.8 Å². The van der Waals surface area contributed by atoms with Gasteiger partial charge in [-0.2, -0.15) is 0 Å². The van der Waals surface area contributed by atoms with Crippen LogP contribution < -0.4 is 0 Å². The Bertz CT molecular complexity index is 90.9. The first kappa shape index (κ1) is 7.15. The van der Waals surface area contributed by atoms with Crippen molar-refractivity contribution >= 4 is 26.9 Å². The monoisotopic (exact) mass is 186 g/mol.